The smallest absolute Gasteiger partial charge is 0.408 e. The van der Waals surface area contributed by atoms with Crippen molar-refractivity contribution >= 4 is 23.6 Å². The Morgan fingerprint density at radius 2 is 1.77 bits per heavy atom. The standard InChI is InChI=1S/C23H27N3O4/c1-3-18(25-23(29)30-15-16-10-6-5-7-11-16)22(28)26-19-13-9-8-12-17(19)14-20(26)21(27)24-4-2/h5-13,18,20H,3-4,14-15H2,1-2H3,(H,24,27)(H,25,29)/t18-,20-/m0/s1. The number of amides is 3. The molecule has 7 nitrogen and oxygen atoms in total. The van der Waals surface area contributed by atoms with Crippen molar-refractivity contribution < 1.29 is 19.1 Å². The summed E-state index contributed by atoms with van der Waals surface area (Å²) in [5, 5.41) is 5.45. The second-order valence-corrected chi connectivity index (χ2v) is 7.12. The van der Waals surface area contributed by atoms with Crippen molar-refractivity contribution in [2.45, 2.75) is 45.4 Å². The molecule has 0 fully saturated rings. The fraction of sp³-hybridized carbons (Fsp3) is 0.348. The first-order valence-corrected chi connectivity index (χ1v) is 10.2. The zero-order valence-corrected chi connectivity index (χ0v) is 17.3. The van der Waals surface area contributed by atoms with E-state index in [9.17, 15) is 14.4 Å². The zero-order chi connectivity index (χ0) is 21.5. The second kappa shape index (κ2) is 9.91. The summed E-state index contributed by atoms with van der Waals surface area (Å²) in [6.07, 6.45) is 0.156. The minimum atomic E-state index is -0.795. The lowest BCUT2D eigenvalue weighted by molar-refractivity contribution is -0.127. The van der Waals surface area contributed by atoms with Gasteiger partial charge in [0.15, 0.2) is 0 Å². The highest BCUT2D eigenvalue weighted by Crippen LogP contribution is 2.33. The third kappa shape index (κ3) is 4.79. The predicted octanol–water partition coefficient (Wildman–Crippen LogP) is 2.79. The van der Waals surface area contributed by atoms with Crippen molar-refractivity contribution in [1.29, 1.82) is 0 Å². The van der Waals surface area contributed by atoms with E-state index in [2.05, 4.69) is 10.6 Å². The Morgan fingerprint density at radius 3 is 2.47 bits per heavy atom. The Kier molecular flexibility index (Phi) is 7.06. The van der Waals surface area contributed by atoms with Crippen LogP contribution in [0.5, 0.6) is 0 Å². The van der Waals surface area contributed by atoms with Gasteiger partial charge in [-0.15, -0.1) is 0 Å². The Morgan fingerprint density at radius 1 is 1.07 bits per heavy atom. The molecule has 2 N–H and O–H groups in total. The van der Waals surface area contributed by atoms with E-state index in [0.29, 0.717) is 25.1 Å². The molecule has 0 bridgehead atoms. The largest absolute Gasteiger partial charge is 0.445 e. The van der Waals surface area contributed by atoms with Gasteiger partial charge in [-0.3, -0.25) is 14.5 Å². The third-order valence-corrected chi connectivity index (χ3v) is 5.08. The number of hydrogen-bond donors (Lipinski definition) is 2. The molecule has 30 heavy (non-hydrogen) atoms. The van der Waals surface area contributed by atoms with E-state index in [0.717, 1.165) is 11.1 Å². The monoisotopic (exact) mass is 409 g/mol. The number of para-hydroxylation sites is 1. The first-order chi connectivity index (χ1) is 14.5. The lowest BCUT2D eigenvalue weighted by Crippen LogP contribution is -2.54. The number of benzene rings is 2. The molecule has 0 aromatic heterocycles. The molecule has 0 saturated carbocycles. The van der Waals surface area contributed by atoms with Crippen LogP contribution in [-0.4, -0.2) is 36.5 Å². The lowest BCUT2D eigenvalue weighted by atomic mass is 10.1. The van der Waals surface area contributed by atoms with E-state index in [-0.39, 0.29) is 18.4 Å². The Bertz CT molecular complexity index is 900. The minimum Gasteiger partial charge on any atom is -0.445 e. The molecule has 2 aromatic rings. The molecule has 1 heterocycles. The molecule has 2 atom stereocenters. The maximum atomic E-state index is 13.3. The van der Waals surface area contributed by atoms with Gasteiger partial charge in [0.05, 0.1) is 0 Å². The van der Waals surface area contributed by atoms with Gasteiger partial charge < -0.3 is 15.4 Å². The average Bonchev–Trinajstić information content (AvgIpc) is 3.16. The van der Waals surface area contributed by atoms with Gasteiger partial charge in [-0.1, -0.05) is 55.5 Å². The van der Waals surface area contributed by atoms with Gasteiger partial charge in [0.1, 0.15) is 18.7 Å². The summed E-state index contributed by atoms with van der Waals surface area (Å²) in [5.74, 6) is -0.529. The summed E-state index contributed by atoms with van der Waals surface area (Å²) in [4.78, 5) is 39.7. The number of hydrogen-bond acceptors (Lipinski definition) is 4. The number of fused-ring (bicyclic) bond motifs is 1. The first kappa shape index (κ1) is 21.4. The molecule has 1 aliphatic rings. The SMILES string of the molecule is CCNC(=O)[C@@H]1Cc2ccccc2N1C(=O)[C@H](CC)NC(=O)OCc1ccccc1. The third-order valence-electron chi connectivity index (χ3n) is 5.08. The number of nitrogens with zero attached hydrogens (tertiary/aromatic N) is 1. The van der Waals surface area contributed by atoms with Crippen LogP contribution in [-0.2, 0) is 27.4 Å². The minimum absolute atomic E-state index is 0.116. The number of carbonyl (C=O) groups excluding carboxylic acids is 3. The second-order valence-electron chi connectivity index (χ2n) is 7.12. The zero-order valence-electron chi connectivity index (χ0n) is 17.3. The summed E-state index contributed by atoms with van der Waals surface area (Å²) < 4.78 is 5.26. The number of likely N-dealkylation sites (N-methyl/N-ethyl adjacent to an activating group) is 1. The van der Waals surface area contributed by atoms with E-state index in [1.165, 1.54) is 4.90 Å². The van der Waals surface area contributed by atoms with Crippen LogP contribution in [0.1, 0.15) is 31.4 Å². The van der Waals surface area contributed by atoms with Gasteiger partial charge in [0.2, 0.25) is 11.8 Å². The summed E-state index contributed by atoms with van der Waals surface area (Å²) in [6, 6.07) is 15.4. The van der Waals surface area contributed by atoms with Crippen molar-refractivity contribution in [1.82, 2.24) is 10.6 Å². The fourth-order valence-electron chi connectivity index (χ4n) is 3.57. The molecule has 0 radical (unpaired) electrons. The molecular weight excluding hydrogens is 382 g/mol. The molecule has 0 unspecified atom stereocenters. The van der Waals surface area contributed by atoms with Crippen molar-refractivity contribution in [2.24, 2.45) is 0 Å². The molecule has 2 aromatic carbocycles. The van der Waals surface area contributed by atoms with E-state index in [1.54, 1.807) is 0 Å². The number of alkyl carbamates (subject to hydrolysis) is 1. The molecule has 0 aliphatic carbocycles. The molecular formula is C23H27N3O4. The number of rotatable bonds is 7. The summed E-state index contributed by atoms with van der Waals surface area (Å²) >= 11 is 0. The van der Waals surface area contributed by atoms with Crippen LogP contribution in [0.15, 0.2) is 54.6 Å². The van der Waals surface area contributed by atoms with E-state index >= 15 is 0 Å². The van der Waals surface area contributed by atoms with Gasteiger partial charge >= 0.3 is 6.09 Å². The molecule has 3 rings (SSSR count). The highest BCUT2D eigenvalue weighted by Gasteiger charge is 2.40. The fourth-order valence-corrected chi connectivity index (χ4v) is 3.57. The maximum absolute atomic E-state index is 13.3. The number of nitrogens with one attached hydrogen (secondary N) is 2. The number of ether oxygens (including phenoxy) is 1. The summed E-state index contributed by atoms with van der Waals surface area (Å²) in [6.45, 7) is 4.24. The van der Waals surface area contributed by atoms with Crippen LogP contribution in [0.3, 0.4) is 0 Å². The molecule has 3 amide bonds. The highest BCUT2D eigenvalue weighted by atomic mass is 16.5. The van der Waals surface area contributed by atoms with Gasteiger partial charge in [0, 0.05) is 18.7 Å². The topological polar surface area (TPSA) is 87.7 Å². The van der Waals surface area contributed by atoms with Crippen LogP contribution in [0.2, 0.25) is 0 Å². The average molecular weight is 409 g/mol. The predicted molar refractivity (Wildman–Crippen MR) is 114 cm³/mol. The van der Waals surface area contributed by atoms with Crippen molar-refractivity contribution in [2.75, 3.05) is 11.4 Å². The summed E-state index contributed by atoms with van der Waals surface area (Å²) in [5.41, 5.74) is 2.50. The Labute approximate surface area is 176 Å². The number of carbonyl (C=O) groups is 3. The summed E-state index contributed by atoms with van der Waals surface area (Å²) in [7, 11) is 0. The molecule has 7 heteroatoms. The Balaban J connectivity index is 1.72. The molecule has 1 aliphatic heterocycles. The van der Waals surface area contributed by atoms with Crippen LogP contribution in [0.25, 0.3) is 0 Å². The quantitative estimate of drug-likeness (QED) is 0.736. The molecule has 0 saturated heterocycles. The molecule has 158 valence electrons. The first-order valence-electron chi connectivity index (χ1n) is 10.2. The van der Waals surface area contributed by atoms with Crippen LogP contribution in [0, 0.1) is 0 Å². The maximum Gasteiger partial charge on any atom is 0.408 e. The van der Waals surface area contributed by atoms with Gasteiger partial charge in [-0.2, -0.15) is 0 Å². The van der Waals surface area contributed by atoms with E-state index in [1.807, 2.05) is 68.4 Å². The normalized spacial score (nSPS) is 15.8. The number of anilines is 1. The highest BCUT2D eigenvalue weighted by molar-refractivity contribution is 6.06. The van der Waals surface area contributed by atoms with Crippen molar-refractivity contribution in [3.05, 3.63) is 65.7 Å². The van der Waals surface area contributed by atoms with E-state index < -0.39 is 18.2 Å². The van der Waals surface area contributed by atoms with Crippen molar-refractivity contribution in [3.8, 4) is 0 Å². The van der Waals surface area contributed by atoms with Gasteiger partial charge in [-0.05, 0) is 30.5 Å². The Hall–Kier alpha value is -3.35. The van der Waals surface area contributed by atoms with Gasteiger partial charge in [-0.25, -0.2) is 4.79 Å². The molecule has 0 spiro atoms. The van der Waals surface area contributed by atoms with Crippen LogP contribution in [0.4, 0.5) is 10.5 Å². The van der Waals surface area contributed by atoms with Crippen LogP contribution < -0.4 is 15.5 Å². The lowest BCUT2D eigenvalue weighted by Gasteiger charge is -2.28. The van der Waals surface area contributed by atoms with Crippen LogP contribution >= 0.6 is 0 Å². The van der Waals surface area contributed by atoms with E-state index in [4.69, 9.17) is 4.74 Å². The van der Waals surface area contributed by atoms with Crippen molar-refractivity contribution in [3.63, 3.8) is 0 Å². The van der Waals surface area contributed by atoms with Gasteiger partial charge in [0.25, 0.3) is 0 Å².